The molecule has 0 aliphatic heterocycles. The van der Waals surface area contributed by atoms with Crippen molar-refractivity contribution in [3.63, 3.8) is 0 Å². The molecule has 1 amide bonds. The summed E-state index contributed by atoms with van der Waals surface area (Å²) in [5.41, 5.74) is 7.09. The van der Waals surface area contributed by atoms with Gasteiger partial charge in [0, 0.05) is 25.3 Å². The number of ketones is 1. The summed E-state index contributed by atoms with van der Waals surface area (Å²) in [6.07, 6.45) is 4.22. The molecular weight excluding hydrogens is 405 g/mol. The van der Waals surface area contributed by atoms with Gasteiger partial charge in [-0.15, -0.1) is 0 Å². The molecule has 0 rings (SSSR count). The fraction of sp³-hybridized carbons (Fsp3) is 0.842. The van der Waals surface area contributed by atoms with Crippen molar-refractivity contribution in [1.82, 2.24) is 10.7 Å². The van der Waals surface area contributed by atoms with Crippen LogP contribution in [0.5, 0.6) is 0 Å². The minimum absolute atomic E-state index is 0. The lowest BCUT2D eigenvalue weighted by molar-refractivity contribution is -0.525. The first-order valence-corrected chi connectivity index (χ1v) is 10.5. The third-order valence-electron chi connectivity index (χ3n) is 4.52. The molecule has 11 nitrogen and oxygen atoms in total. The van der Waals surface area contributed by atoms with Crippen molar-refractivity contribution in [2.24, 2.45) is 22.6 Å². The molecule has 12 heteroatoms. The molecule has 0 unspecified atom stereocenters. The maximum Gasteiger partial charge on any atom is 0.475 e. The minimum atomic E-state index is -1.70. The van der Waals surface area contributed by atoms with Gasteiger partial charge in [-0.05, 0) is 31.6 Å². The molecule has 0 saturated heterocycles. The molecule has 31 heavy (non-hydrogen) atoms. The summed E-state index contributed by atoms with van der Waals surface area (Å²) in [6.45, 7) is 5.99. The number of nitrogens with two attached hydrogens (primary N) is 1. The highest BCUT2D eigenvalue weighted by molar-refractivity contribution is 6.43. The van der Waals surface area contributed by atoms with Crippen LogP contribution in [0, 0.1) is 22.0 Å². The number of nitrogens with zero attached hydrogens (tertiary/aromatic N) is 2. The van der Waals surface area contributed by atoms with Crippen LogP contribution in [0.15, 0.2) is 4.99 Å². The Hall–Kier alpha value is -2.21. The van der Waals surface area contributed by atoms with Crippen molar-refractivity contribution >= 4 is 24.8 Å². The number of hydrazine groups is 1. The Balaban J connectivity index is 0. The van der Waals surface area contributed by atoms with Gasteiger partial charge in [0.1, 0.15) is 5.78 Å². The van der Waals surface area contributed by atoms with Crippen LogP contribution in [0.4, 0.5) is 0 Å². The van der Waals surface area contributed by atoms with Crippen molar-refractivity contribution in [3.05, 3.63) is 10.1 Å². The monoisotopic (exact) mass is 445 g/mol. The zero-order chi connectivity index (χ0) is 23.1. The Morgan fingerprint density at radius 2 is 1.87 bits per heavy atom. The molecule has 0 aliphatic carbocycles. The Kier molecular flexibility index (Phi) is 17.5. The van der Waals surface area contributed by atoms with Gasteiger partial charge in [0.25, 0.3) is 5.96 Å². The fourth-order valence-corrected chi connectivity index (χ4v) is 3.00. The van der Waals surface area contributed by atoms with E-state index in [4.69, 9.17) is 5.73 Å². The van der Waals surface area contributed by atoms with E-state index in [1.165, 1.54) is 0 Å². The van der Waals surface area contributed by atoms with E-state index in [9.17, 15) is 29.8 Å². The number of rotatable bonds is 16. The van der Waals surface area contributed by atoms with Crippen LogP contribution in [0.3, 0.4) is 0 Å². The molecule has 0 fully saturated rings. The number of carbonyl (C=O) groups excluding carboxylic acids is 2. The topological polar surface area (TPSA) is 180 Å². The number of nitro groups is 1. The number of amides is 1. The first-order chi connectivity index (χ1) is 14.1. The first-order valence-electron chi connectivity index (χ1n) is 10.5. The molecule has 0 heterocycles. The van der Waals surface area contributed by atoms with E-state index in [2.05, 4.69) is 10.3 Å². The number of carbonyl (C=O) groups is 2. The fourth-order valence-electron chi connectivity index (χ4n) is 3.00. The van der Waals surface area contributed by atoms with E-state index < -0.39 is 29.9 Å². The standard InChI is InChI=1S/C18H36BN5O6.CH4/c1-4-5-6-9-15(25)12-14(8-7-10-21-18(20)23-24(29)30)17(26)22-16(19(27)28)11-13(2)3;/h13-14,16,27-28H,4-12H2,1-3H3,(H,22,26)(H3,20,21,23);1H4/t14-,16+;/m1./s1. The van der Waals surface area contributed by atoms with Crippen molar-refractivity contribution in [2.45, 2.75) is 85.5 Å². The summed E-state index contributed by atoms with van der Waals surface area (Å²) in [7, 11) is -1.70. The SMILES string of the molecule is C.CCCCCC(=O)C[C@@H](CCCN=C(N)N[N+](=O)[O-])C(=O)N[C@@H](CC(C)C)B(O)O. The Bertz CT molecular complexity index is 574. The summed E-state index contributed by atoms with van der Waals surface area (Å²) >= 11 is 0. The highest BCUT2D eigenvalue weighted by atomic mass is 16.7. The highest BCUT2D eigenvalue weighted by Gasteiger charge is 2.29. The van der Waals surface area contributed by atoms with Gasteiger partial charge >= 0.3 is 7.12 Å². The number of nitrogens with one attached hydrogen (secondary N) is 2. The minimum Gasteiger partial charge on any atom is -0.426 e. The predicted octanol–water partition coefficient (Wildman–Crippen LogP) is 1.20. The molecule has 0 radical (unpaired) electrons. The second kappa shape index (κ2) is 17.5. The van der Waals surface area contributed by atoms with Gasteiger partial charge in [-0.3, -0.25) is 9.59 Å². The average Bonchev–Trinajstić information content (AvgIpc) is 2.62. The van der Waals surface area contributed by atoms with Crippen LogP contribution in [0.2, 0.25) is 0 Å². The van der Waals surface area contributed by atoms with Crippen molar-refractivity contribution in [2.75, 3.05) is 6.54 Å². The summed E-state index contributed by atoms with van der Waals surface area (Å²) in [5.74, 6) is -2.11. The van der Waals surface area contributed by atoms with Crippen LogP contribution in [-0.2, 0) is 9.59 Å². The van der Waals surface area contributed by atoms with E-state index in [-0.39, 0.29) is 38.1 Å². The largest absolute Gasteiger partial charge is 0.475 e. The van der Waals surface area contributed by atoms with Gasteiger partial charge in [0.15, 0.2) is 5.03 Å². The van der Waals surface area contributed by atoms with Gasteiger partial charge in [-0.25, -0.2) is 15.1 Å². The zero-order valence-electron chi connectivity index (χ0n) is 18.2. The quantitative estimate of drug-likeness (QED) is 0.0587. The highest BCUT2D eigenvalue weighted by Crippen LogP contribution is 2.17. The number of aliphatic imine (C=N–C) groups is 1. The smallest absolute Gasteiger partial charge is 0.426 e. The molecule has 180 valence electrons. The number of Topliss-reactive ketones (excluding diaryl/α,β-unsaturated/α-hetero) is 1. The molecule has 0 aromatic rings. The Morgan fingerprint density at radius 1 is 1.23 bits per heavy atom. The zero-order valence-corrected chi connectivity index (χ0v) is 18.2. The van der Waals surface area contributed by atoms with Gasteiger partial charge in [0.2, 0.25) is 5.91 Å². The molecule has 0 aromatic heterocycles. The van der Waals surface area contributed by atoms with Crippen LogP contribution >= 0.6 is 0 Å². The molecule has 6 N–H and O–H groups in total. The number of hydrogen-bond donors (Lipinski definition) is 5. The first kappa shape index (κ1) is 31.0. The molecule has 0 spiro atoms. The summed E-state index contributed by atoms with van der Waals surface area (Å²) in [5, 5.41) is 31.2. The summed E-state index contributed by atoms with van der Waals surface area (Å²) in [4.78, 5) is 39.1. The van der Waals surface area contributed by atoms with E-state index in [0.717, 1.165) is 19.3 Å². The Labute approximate surface area is 185 Å². The molecule has 2 atom stereocenters. The van der Waals surface area contributed by atoms with E-state index in [1.54, 1.807) is 5.43 Å². The van der Waals surface area contributed by atoms with Crippen LogP contribution in [0.1, 0.15) is 79.6 Å². The third-order valence-corrected chi connectivity index (χ3v) is 4.52. The molecule has 0 aliphatic rings. The lowest BCUT2D eigenvalue weighted by Crippen LogP contribution is -2.49. The number of guanidine groups is 1. The second-order valence-corrected chi connectivity index (χ2v) is 7.83. The number of hydrogen-bond acceptors (Lipinski definition) is 7. The van der Waals surface area contributed by atoms with Gasteiger partial charge in [-0.2, -0.15) is 0 Å². The van der Waals surface area contributed by atoms with Gasteiger partial charge < -0.3 is 21.1 Å². The Morgan fingerprint density at radius 3 is 2.39 bits per heavy atom. The van der Waals surface area contributed by atoms with Crippen molar-refractivity contribution < 1.29 is 24.7 Å². The lowest BCUT2D eigenvalue weighted by atomic mass is 9.74. The lowest BCUT2D eigenvalue weighted by Gasteiger charge is -2.23. The van der Waals surface area contributed by atoms with E-state index in [0.29, 0.717) is 25.7 Å². The third kappa shape index (κ3) is 16.2. The molecule has 0 saturated carbocycles. The van der Waals surface area contributed by atoms with Crippen LogP contribution in [-0.4, -0.2) is 52.3 Å². The summed E-state index contributed by atoms with van der Waals surface area (Å²) < 4.78 is 0. The molecule has 0 bridgehead atoms. The average molecular weight is 445 g/mol. The van der Waals surface area contributed by atoms with Crippen molar-refractivity contribution in [3.8, 4) is 0 Å². The predicted molar refractivity (Wildman–Crippen MR) is 121 cm³/mol. The maximum absolute atomic E-state index is 12.7. The van der Waals surface area contributed by atoms with Gasteiger partial charge in [0.05, 0.1) is 5.94 Å². The summed E-state index contributed by atoms with van der Waals surface area (Å²) in [6, 6.07) is 0. The van der Waals surface area contributed by atoms with Gasteiger partial charge in [-0.1, -0.05) is 46.5 Å². The molecule has 0 aromatic carbocycles. The van der Waals surface area contributed by atoms with E-state index >= 15 is 0 Å². The normalized spacial score (nSPS) is 13.2. The van der Waals surface area contributed by atoms with Crippen LogP contribution < -0.4 is 16.5 Å². The van der Waals surface area contributed by atoms with E-state index in [1.807, 2.05) is 20.8 Å². The van der Waals surface area contributed by atoms with Crippen LogP contribution in [0.25, 0.3) is 0 Å². The second-order valence-electron chi connectivity index (χ2n) is 7.83. The maximum atomic E-state index is 12.7. The number of unbranched alkanes of at least 4 members (excludes halogenated alkanes) is 2. The van der Waals surface area contributed by atoms with Crippen molar-refractivity contribution in [1.29, 1.82) is 0 Å². The molecular formula is C19H40BN5O6.